The Labute approximate surface area is 313 Å². The fourth-order valence-corrected chi connectivity index (χ4v) is 6.56. The molecule has 0 unspecified atom stereocenters. The van der Waals surface area contributed by atoms with Gasteiger partial charge in [-0.15, -0.1) is 0 Å². The molecule has 0 bridgehead atoms. The van der Waals surface area contributed by atoms with E-state index in [1.807, 2.05) is 0 Å². The number of benzene rings is 2. The number of halogens is 1. The van der Waals surface area contributed by atoms with Crippen molar-refractivity contribution in [2.45, 2.75) is 24.9 Å². The largest absolute Gasteiger partial charge is 0.493 e. The van der Waals surface area contributed by atoms with E-state index >= 15 is 0 Å². The molecule has 5 heterocycles. The predicted molar refractivity (Wildman–Crippen MR) is 188 cm³/mol. The van der Waals surface area contributed by atoms with Crippen LogP contribution in [0, 0.1) is 5.82 Å². The summed E-state index contributed by atoms with van der Waals surface area (Å²) in [5, 5.41) is 0. The molecule has 282 valence electrons. The highest BCUT2D eigenvalue weighted by atomic mass is 19.1. The number of hydrogen-bond acceptors (Lipinski definition) is 15. The van der Waals surface area contributed by atoms with E-state index in [1.165, 1.54) is 49.5 Å². The van der Waals surface area contributed by atoms with Crippen molar-refractivity contribution in [3.8, 4) is 39.8 Å². The van der Waals surface area contributed by atoms with Crippen molar-refractivity contribution in [3.63, 3.8) is 0 Å². The molecule has 0 amide bonds. The van der Waals surface area contributed by atoms with Gasteiger partial charge in [0.05, 0.1) is 32.7 Å². The summed E-state index contributed by atoms with van der Waals surface area (Å²) in [6, 6.07) is 16.0. The molecule has 0 radical (unpaired) electrons. The van der Waals surface area contributed by atoms with Crippen molar-refractivity contribution in [2.24, 2.45) is 0 Å². The van der Waals surface area contributed by atoms with Crippen LogP contribution in [0.1, 0.15) is 11.1 Å². The van der Waals surface area contributed by atoms with Crippen LogP contribution in [-0.2, 0) is 51.2 Å². The van der Waals surface area contributed by atoms with Crippen LogP contribution in [0.3, 0.4) is 0 Å². The molecule has 15 nitrogen and oxygen atoms in total. The van der Waals surface area contributed by atoms with E-state index in [2.05, 4.69) is 9.97 Å². The third kappa shape index (κ3) is 7.07. The lowest BCUT2D eigenvalue weighted by molar-refractivity contribution is -0.465. The summed E-state index contributed by atoms with van der Waals surface area (Å²) in [4.78, 5) is 65.0. The molecular formula is C39H33FN4O11. The van der Waals surface area contributed by atoms with Gasteiger partial charge >= 0.3 is 35.7 Å². The van der Waals surface area contributed by atoms with Crippen LogP contribution in [0.25, 0.3) is 22.5 Å². The van der Waals surface area contributed by atoms with E-state index in [1.54, 1.807) is 54.7 Å². The summed E-state index contributed by atoms with van der Waals surface area (Å²) >= 11 is 0. The number of methoxy groups -OCH3 is 3. The third-order valence-electron chi connectivity index (χ3n) is 9.03. The van der Waals surface area contributed by atoms with Crippen molar-refractivity contribution in [2.75, 3.05) is 34.4 Å². The summed E-state index contributed by atoms with van der Waals surface area (Å²) in [5.74, 6) is -8.79. The fraction of sp³-hybridized carbons (Fsp3) is 0.231. The van der Waals surface area contributed by atoms with Crippen LogP contribution in [0.15, 0.2) is 97.4 Å². The Morgan fingerprint density at radius 3 is 1.42 bits per heavy atom. The maximum atomic E-state index is 13.7. The van der Waals surface area contributed by atoms with Gasteiger partial charge in [0.15, 0.2) is 11.5 Å². The minimum Gasteiger partial charge on any atom is -0.493 e. The monoisotopic (exact) mass is 752 g/mol. The first-order chi connectivity index (χ1) is 26.6. The number of carbonyl (C=O) groups is 4. The zero-order chi connectivity index (χ0) is 38.7. The second kappa shape index (κ2) is 15.0. The first-order valence-corrected chi connectivity index (χ1v) is 16.8. The highest BCUT2D eigenvalue weighted by Crippen LogP contribution is 2.46. The molecule has 2 spiro atoms. The number of ether oxygens (including phenoxy) is 7. The summed E-state index contributed by atoms with van der Waals surface area (Å²) in [7, 11) is 4.47. The molecule has 1 saturated heterocycles. The van der Waals surface area contributed by atoms with Crippen molar-refractivity contribution < 1.29 is 56.7 Å². The summed E-state index contributed by atoms with van der Waals surface area (Å²) in [5.41, 5.74) is 3.37. The lowest BCUT2D eigenvalue weighted by atomic mass is 10.0. The summed E-state index contributed by atoms with van der Waals surface area (Å²) < 4.78 is 53.9. The van der Waals surface area contributed by atoms with Gasteiger partial charge < -0.3 is 33.2 Å². The highest BCUT2D eigenvalue weighted by Gasteiger charge is 2.74. The highest BCUT2D eigenvalue weighted by molar-refractivity contribution is 5.95. The standard InChI is InChI=1S/C39H33FN4O11/c1-49-31-20-27(21-32(50-2)37(31)51-3)30-19-25(13-15-42-30)23-44-17-16-43(22-24-12-14-41-29(18-24)26-4-6-28(40)7-5-26)38(52-33(45)8-9-34(46)53-38)39(44)54-35(47)10-11-36(48)55-39/h4-15,18-21H,16-17,22-23H2,1-3H3. The number of nitrogens with zero attached hydrogens (tertiary/aromatic N) is 4. The molecule has 0 saturated carbocycles. The molecule has 2 aromatic heterocycles. The topological polar surface area (TPSA) is 165 Å². The molecule has 3 aliphatic rings. The van der Waals surface area contributed by atoms with Gasteiger partial charge in [-0.2, -0.15) is 0 Å². The van der Waals surface area contributed by atoms with Gasteiger partial charge in [0.2, 0.25) is 5.75 Å². The van der Waals surface area contributed by atoms with Gasteiger partial charge in [-0.3, -0.25) is 9.97 Å². The van der Waals surface area contributed by atoms with E-state index in [0.717, 1.165) is 24.3 Å². The predicted octanol–water partition coefficient (Wildman–Crippen LogP) is 3.91. The van der Waals surface area contributed by atoms with Crippen LogP contribution in [0.2, 0.25) is 0 Å². The van der Waals surface area contributed by atoms with Crippen molar-refractivity contribution in [1.29, 1.82) is 0 Å². The Bertz CT molecular complexity index is 2160. The van der Waals surface area contributed by atoms with E-state index in [9.17, 15) is 23.6 Å². The van der Waals surface area contributed by atoms with Crippen LogP contribution in [0.4, 0.5) is 4.39 Å². The van der Waals surface area contributed by atoms with E-state index in [-0.39, 0.29) is 26.2 Å². The molecule has 0 atom stereocenters. The number of rotatable bonds is 9. The number of esters is 4. The number of piperazine rings is 1. The molecule has 2 aromatic carbocycles. The number of pyridine rings is 2. The molecule has 16 heteroatoms. The average Bonchev–Trinajstić information content (AvgIpc) is 3.45. The van der Waals surface area contributed by atoms with Gasteiger partial charge in [0, 0.05) is 74.0 Å². The molecular weight excluding hydrogens is 719 g/mol. The van der Waals surface area contributed by atoms with Gasteiger partial charge in [-0.05, 0) is 71.8 Å². The van der Waals surface area contributed by atoms with Crippen molar-refractivity contribution >= 4 is 23.9 Å². The van der Waals surface area contributed by atoms with Crippen LogP contribution in [0.5, 0.6) is 17.2 Å². The summed E-state index contributed by atoms with van der Waals surface area (Å²) in [6.45, 7) is -0.176. The normalized spacial score (nSPS) is 17.8. The number of fused-ring (bicyclic) bond motifs is 1. The van der Waals surface area contributed by atoms with Crippen LogP contribution in [-0.4, -0.2) is 89.9 Å². The molecule has 0 N–H and O–H groups in total. The van der Waals surface area contributed by atoms with E-state index in [0.29, 0.717) is 50.9 Å². The van der Waals surface area contributed by atoms with Gasteiger partial charge in [0.25, 0.3) is 0 Å². The molecule has 3 aliphatic heterocycles. The van der Waals surface area contributed by atoms with Gasteiger partial charge in [-0.25, -0.2) is 33.4 Å². The molecule has 55 heavy (non-hydrogen) atoms. The first kappa shape index (κ1) is 36.7. The second-order valence-corrected chi connectivity index (χ2v) is 12.4. The minimum atomic E-state index is -2.69. The van der Waals surface area contributed by atoms with Crippen LogP contribution < -0.4 is 14.2 Å². The zero-order valence-electron chi connectivity index (χ0n) is 29.7. The van der Waals surface area contributed by atoms with Crippen LogP contribution >= 0.6 is 0 Å². The number of aromatic nitrogens is 2. The zero-order valence-corrected chi connectivity index (χ0v) is 29.7. The Balaban J connectivity index is 1.31. The molecule has 1 fully saturated rings. The van der Waals surface area contributed by atoms with E-state index < -0.39 is 41.5 Å². The maximum absolute atomic E-state index is 13.7. The minimum absolute atomic E-state index is 0.0164. The Kier molecular flexibility index (Phi) is 10.0. The van der Waals surface area contributed by atoms with E-state index in [4.69, 9.17) is 33.2 Å². The SMILES string of the molecule is COc1cc(-c2cc(CN3CCN(Cc4ccnc(-c5ccc(F)cc5)c4)C4(OC(=O)C=CC(=O)O4)C34OC(=O)C=CC(=O)O4)ccn2)cc(OC)c1OC. The average molecular weight is 753 g/mol. The third-order valence-corrected chi connectivity index (χ3v) is 9.03. The maximum Gasteiger partial charge on any atom is 0.420 e. The Morgan fingerprint density at radius 1 is 0.600 bits per heavy atom. The Hall–Kier alpha value is -6.65. The number of hydrogen-bond donors (Lipinski definition) is 0. The molecule has 0 aliphatic carbocycles. The first-order valence-electron chi connectivity index (χ1n) is 16.8. The smallest absolute Gasteiger partial charge is 0.420 e. The second-order valence-electron chi connectivity index (χ2n) is 12.4. The van der Waals surface area contributed by atoms with Crippen molar-refractivity contribution in [3.05, 3.63) is 114 Å². The van der Waals surface area contributed by atoms with Gasteiger partial charge in [0.1, 0.15) is 5.82 Å². The number of carbonyl (C=O) groups excluding carboxylic acids is 4. The van der Waals surface area contributed by atoms with Gasteiger partial charge in [-0.1, -0.05) is 0 Å². The lowest BCUT2D eigenvalue weighted by Crippen LogP contribution is -2.80. The lowest BCUT2D eigenvalue weighted by Gasteiger charge is -2.55. The van der Waals surface area contributed by atoms with Crippen molar-refractivity contribution in [1.82, 2.24) is 19.8 Å². The molecule has 7 rings (SSSR count). The quantitative estimate of drug-likeness (QED) is 0.226. The fourth-order valence-electron chi connectivity index (χ4n) is 6.56. The summed E-state index contributed by atoms with van der Waals surface area (Å²) in [6.07, 6.45) is 6.50. The molecule has 4 aromatic rings. The Morgan fingerprint density at radius 2 is 1.02 bits per heavy atom.